The van der Waals surface area contributed by atoms with E-state index in [0.717, 1.165) is 16.7 Å². The summed E-state index contributed by atoms with van der Waals surface area (Å²) < 4.78 is 34.3. The van der Waals surface area contributed by atoms with Gasteiger partial charge in [0, 0.05) is 22.3 Å². The zero-order valence-electron chi connectivity index (χ0n) is 18.9. The minimum absolute atomic E-state index is 0.00312. The normalized spacial score (nSPS) is 14.8. The van der Waals surface area contributed by atoms with Gasteiger partial charge in [-0.05, 0) is 53.6 Å². The zero-order chi connectivity index (χ0) is 25.2. The molecule has 2 heterocycles. The van der Waals surface area contributed by atoms with Crippen LogP contribution in [-0.4, -0.2) is 21.8 Å². The predicted molar refractivity (Wildman–Crippen MR) is 139 cm³/mol. The van der Waals surface area contributed by atoms with Gasteiger partial charge in [0.05, 0.1) is 27.9 Å². The number of fused-ring (bicyclic) bond motifs is 3. The van der Waals surface area contributed by atoms with Crippen molar-refractivity contribution >= 4 is 52.4 Å². The van der Waals surface area contributed by atoms with E-state index < -0.39 is 11.8 Å². The number of carboxylic acid groups (broad SMARTS) is 1. The fourth-order valence-corrected chi connectivity index (χ4v) is 5.60. The Balaban J connectivity index is 1.49. The third kappa shape index (κ3) is 5.08. The fourth-order valence-electron chi connectivity index (χ4n) is 4.15. The predicted octanol–water partition coefficient (Wildman–Crippen LogP) is 7.53. The summed E-state index contributed by atoms with van der Waals surface area (Å²) >= 11 is 7.36. The van der Waals surface area contributed by atoms with Crippen LogP contribution in [0.15, 0.2) is 60.7 Å². The summed E-state index contributed by atoms with van der Waals surface area (Å²) in [7, 11) is 0. The molecule has 3 aromatic carbocycles. The van der Waals surface area contributed by atoms with Gasteiger partial charge in [-0.25, -0.2) is 13.8 Å². The SMILES string of the molecule is O=C(O)CCSC1c2cc(C=Cc3ccc4cc(F)c(Cl)cc4n3)ccc2OCc2c(F)cccc21. The first-order valence-corrected chi connectivity index (χ1v) is 12.6. The van der Waals surface area contributed by atoms with E-state index in [0.29, 0.717) is 33.7 Å². The van der Waals surface area contributed by atoms with Crippen LogP contribution in [0.4, 0.5) is 8.78 Å². The first-order valence-electron chi connectivity index (χ1n) is 11.2. The van der Waals surface area contributed by atoms with Gasteiger partial charge in [0.25, 0.3) is 0 Å². The van der Waals surface area contributed by atoms with Gasteiger partial charge in [0.2, 0.25) is 0 Å². The van der Waals surface area contributed by atoms with Gasteiger partial charge in [-0.3, -0.25) is 4.79 Å². The van der Waals surface area contributed by atoms with Gasteiger partial charge < -0.3 is 9.84 Å². The van der Waals surface area contributed by atoms with Gasteiger partial charge in [-0.15, -0.1) is 11.8 Å². The number of aliphatic carboxylic acids is 1. The Morgan fingerprint density at radius 2 is 1.94 bits per heavy atom. The van der Waals surface area contributed by atoms with Gasteiger partial charge in [-0.1, -0.05) is 41.9 Å². The van der Waals surface area contributed by atoms with Gasteiger partial charge in [0.1, 0.15) is 24.0 Å². The summed E-state index contributed by atoms with van der Waals surface area (Å²) in [6.45, 7) is 0.102. The summed E-state index contributed by atoms with van der Waals surface area (Å²) in [4.78, 5) is 15.6. The molecule has 0 aliphatic carbocycles. The highest BCUT2D eigenvalue weighted by atomic mass is 35.5. The molecule has 4 aromatic rings. The van der Waals surface area contributed by atoms with Gasteiger partial charge in [0.15, 0.2) is 0 Å². The van der Waals surface area contributed by atoms with Gasteiger partial charge >= 0.3 is 5.97 Å². The lowest BCUT2D eigenvalue weighted by molar-refractivity contribution is -0.136. The van der Waals surface area contributed by atoms with Crippen molar-refractivity contribution in [2.24, 2.45) is 0 Å². The second-order valence-corrected chi connectivity index (χ2v) is 9.94. The smallest absolute Gasteiger partial charge is 0.304 e. The van der Waals surface area contributed by atoms with Crippen LogP contribution in [0.2, 0.25) is 5.02 Å². The van der Waals surface area contributed by atoms with Crippen LogP contribution in [0.5, 0.6) is 5.75 Å². The summed E-state index contributed by atoms with van der Waals surface area (Å²) in [5, 5.41) is 9.50. The summed E-state index contributed by atoms with van der Waals surface area (Å²) in [6, 6.07) is 17.1. The number of hydrogen-bond donors (Lipinski definition) is 1. The molecule has 0 radical (unpaired) electrons. The molecule has 0 spiro atoms. The van der Waals surface area contributed by atoms with Crippen molar-refractivity contribution in [3.63, 3.8) is 0 Å². The highest BCUT2D eigenvalue weighted by Gasteiger charge is 2.27. The molecule has 8 heteroatoms. The molecule has 1 aliphatic heterocycles. The first-order chi connectivity index (χ1) is 17.4. The molecule has 1 unspecified atom stereocenters. The number of pyridine rings is 1. The summed E-state index contributed by atoms with van der Waals surface area (Å²) in [5.41, 5.74) is 4.26. The van der Waals surface area contributed by atoms with Crippen LogP contribution in [0, 0.1) is 11.6 Å². The number of nitrogens with zero attached hydrogens (tertiary/aromatic N) is 1. The van der Waals surface area contributed by atoms with Crippen LogP contribution >= 0.6 is 23.4 Å². The Kier molecular flexibility index (Phi) is 6.94. The average molecular weight is 524 g/mol. The van der Waals surface area contributed by atoms with Crippen molar-refractivity contribution in [2.75, 3.05) is 5.75 Å². The highest BCUT2D eigenvalue weighted by Crippen LogP contribution is 2.45. The molecule has 0 fully saturated rings. The Bertz CT molecular complexity index is 1510. The van der Waals surface area contributed by atoms with E-state index in [1.807, 2.05) is 36.4 Å². The van der Waals surface area contributed by atoms with Crippen LogP contribution in [0.25, 0.3) is 23.1 Å². The lowest BCUT2D eigenvalue weighted by Gasteiger charge is -2.19. The molecule has 36 heavy (non-hydrogen) atoms. The second-order valence-electron chi connectivity index (χ2n) is 8.32. The van der Waals surface area contributed by atoms with E-state index in [1.165, 1.54) is 30.0 Å². The largest absolute Gasteiger partial charge is 0.488 e. The van der Waals surface area contributed by atoms with E-state index in [4.69, 9.17) is 21.4 Å². The molecule has 0 saturated carbocycles. The Morgan fingerprint density at radius 3 is 2.78 bits per heavy atom. The number of rotatable bonds is 6. The molecular formula is C28H20ClF2NO3S. The number of hydrogen-bond acceptors (Lipinski definition) is 4. The topological polar surface area (TPSA) is 59.4 Å². The fraction of sp³-hybridized carbons (Fsp3) is 0.143. The maximum absolute atomic E-state index is 14.6. The monoisotopic (exact) mass is 523 g/mol. The molecule has 0 saturated heterocycles. The van der Waals surface area contributed by atoms with Crippen molar-refractivity contribution in [2.45, 2.75) is 18.3 Å². The van der Waals surface area contributed by atoms with Crippen LogP contribution in [0.3, 0.4) is 0 Å². The Labute approximate surface area is 215 Å². The van der Waals surface area contributed by atoms with E-state index >= 15 is 0 Å². The van der Waals surface area contributed by atoms with Crippen molar-refractivity contribution < 1.29 is 23.4 Å². The number of ether oxygens (including phenoxy) is 1. The standard InChI is InChI=1S/C28H20ClF2NO3S/c29-22-14-25-17(13-24(22)31)6-8-18(32-25)7-4-16-5-9-26-20(12-16)28(36-11-10-27(33)34)19-2-1-3-23(30)21(19)15-35-26/h1-9,12-14,28H,10-11,15H2,(H,33,34). The van der Waals surface area contributed by atoms with Crippen LogP contribution < -0.4 is 4.74 Å². The van der Waals surface area contributed by atoms with E-state index in [2.05, 4.69) is 4.98 Å². The number of benzene rings is 3. The molecule has 4 nitrogen and oxygen atoms in total. The number of carbonyl (C=O) groups is 1. The lowest BCUT2D eigenvalue weighted by Crippen LogP contribution is -2.04. The minimum Gasteiger partial charge on any atom is -0.488 e. The van der Waals surface area contributed by atoms with Gasteiger partial charge in [-0.2, -0.15) is 0 Å². The molecule has 182 valence electrons. The van der Waals surface area contributed by atoms with E-state index in [9.17, 15) is 13.6 Å². The molecular weight excluding hydrogens is 504 g/mol. The maximum Gasteiger partial charge on any atom is 0.304 e. The van der Waals surface area contributed by atoms with Crippen LogP contribution in [0.1, 0.15) is 39.6 Å². The maximum atomic E-state index is 14.6. The van der Waals surface area contributed by atoms with E-state index in [-0.39, 0.29) is 29.1 Å². The minimum atomic E-state index is -0.879. The first kappa shape index (κ1) is 24.3. The molecule has 5 rings (SSSR count). The summed E-state index contributed by atoms with van der Waals surface area (Å²) in [5.74, 6) is -0.698. The van der Waals surface area contributed by atoms with Crippen molar-refractivity contribution in [1.82, 2.24) is 4.98 Å². The number of halogens is 3. The lowest BCUT2D eigenvalue weighted by atomic mass is 9.98. The molecule has 0 bridgehead atoms. The van der Waals surface area contributed by atoms with Crippen molar-refractivity contribution in [3.05, 3.63) is 105 Å². The summed E-state index contributed by atoms with van der Waals surface area (Å²) in [6.07, 6.45) is 3.75. The third-order valence-corrected chi connectivity index (χ3v) is 7.50. The number of carboxylic acids is 1. The second kappa shape index (κ2) is 10.3. The Morgan fingerprint density at radius 1 is 1.08 bits per heavy atom. The molecule has 0 amide bonds. The van der Waals surface area contributed by atoms with Crippen molar-refractivity contribution in [1.29, 1.82) is 0 Å². The van der Waals surface area contributed by atoms with Crippen molar-refractivity contribution in [3.8, 4) is 5.75 Å². The van der Waals surface area contributed by atoms with Crippen LogP contribution in [-0.2, 0) is 11.4 Å². The quantitative estimate of drug-likeness (QED) is 0.283. The molecule has 1 atom stereocenters. The Hall–Kier alpha value is -3.42. The molecule has 1 aliphatic rings. The molecule has 1 N–H and O–H groups in total. The highest BCUT2D eigenvalue weighted by molar-refractivity contribution is 7.99. The number of aromatic nitrogens is 1. The average Bonchev–Trinajstić information content (AvgIpc) is 3.01. The molecule has 1 aromatic heterocycles. The van der Waals surface area contributed by atoms with E-state index in [1.54, 1.807) is 18.2 Å². The number of thioether (sulfide) groups is 1. The third-order valence-electron chi connectivity index (χ3n) is 5.93. The zero-order valence-corrected chi connectivity index (χ0v) is 20.5.